The Morgan fingerprint density at radius 2 is 1.61 bits per heavy atom. The van der Waals surface area contributed by atoms with Crippen LogP contribution in [-0.2, 0) is 26.2 Å². The molecule has 2 saturated heterocycles. The average Bonchev–Trinajstić information content (AvgIpc) is 3.88. The van der Waals surface area contributed by atoms with Gasteiger partial charge < -0.3 is 10.0 Å². The van der Waals surface area contributed by atoms with E-state index in [1.54, 1.807) is 39.1 Å². The average molecular weight is 864 g/mol. The molecule has 312 valence electrons. The number of nitro benzene ring substituents is 2. The zero-order chi connectivity index (χ0) is 43.7. The number of imide groups is 2. The number of aryl methyl sites for hydroxylation is 3. The highest BCUT2D eigenvalue weighted by atomic mass is 35.5. The first-order valence-electron chi connectivity index (χ1n) is 19.5. The fourth-order valence-electron chi connectivity index (χ4n) is 10.4. The summed E-state index contributed by atoms with van der Waals surface area (Å²) >= 11 is 7.83. The summed E-state index contributed by atoms with van der Waals surface area (Å²) in [6.07, 6.45) is 1.95. The van der Waals surface area contributed by atoms with Crippen LogP contribution in [-0.4, -0.2) is 62.5 Å². The number of amides is 4. The van der Waals surface area contributed by atoms with Crippen molar-refractivity contribution in [1.82, 2.24) is 9.78 Å². The van der Waals surface area contributed by atoms with Gasteiger partial charge in [0.15, 0.2) is 5.69 Å². The van der Waals surface area contributed by atoms with Crippen molar-refractivity contribution in [3.63, 3.8) is 0 Å². The van der Waals surface area contributed by atoms with Crippen molar-refractivity contribution in [1.29, 1.82) is 0 Å². The molecule has 1 saturated carbocycles. The van der Waals surface area contributed by atoms with Gasteiger partial charge in [0, 0.05) is 55.0 Å². The summed E-state index contributed by atoms with van der Waals surface area (Å²) in [5.74, 6) is -6.55. The summed E-state index contributed by atoms with van der Waals surface area (Å²) in [5.41, 5.74) is 0.0567. The Morgan fingerprint density at radius 1 is 0.918 bits per heavy atom. The molecule has 1 N–H and O–H groups in total. The van der Waals surface area contributed by atoms with Gasteiger partial charge in [0.2, 0.25) is 23.6 Å². The lowest BCUT2D eigenvalue weighted by atomic mass is 9.51. The number of carbonyl (C=O) groups excluding carboxylic acids is 4. The summed E-state index contributed by atoms with van der Waals surface area (Å²) in [6.45, 7) is 5.44. The van der Waals surface area contributed by atoms with Crippen molar-refractivity contribution in [3.05, 3.63) is 108 Å². The molecule has 2 aliphatic heterocycles. The molecule has 4 aliphatic rings. The number of hydrogen-bond acceptors (Lipinski definition) is 12. The van der Waals surface area contributed by atoms with Gasteiger partial charge in [-0.05, 0) is 85.9 Å². The Morgan fingerprint density at radius 3 is 2.25 bits per heavy atom. The molecule has 4 amide bonds. The number of aromatic hydroxyl groups is 1. The van der Waals surface area contributed by atoms with E-state index in [4.69, 9.17) is 16.7 Å². The largest absolute Gasteiger partial charge is 0.508 e. The fraction of sp³-hybridized carbons (Fsp3) is 0.326. The van der Waals surface area contributed by atoms with Crippen LogP contribution in [0.3, 0.4) is 0 Å². The van der Waals surface area contributed by atoms with E-state index in [2.05, 4.69) is 0 Å². The number of carbonyl (C=O) groups is 4. The monoisotopic (exact) mass is 863 g/mol. The molecule has 2 aliphatic carbocycles. The molecule has 6 unspecified atom stereocenters. The van der Waals surface area contributed by atoms with E-state index in [0.717, 1.165) is 37.6 Å². The van der Waals surface area contributed by atoms with Gasteiger partial charge in [0.05, 0.1) is 43.6 Å². The Kier molecular flexibility index (Phi) is 9.03. The molecule has 2 aromatic heterocycles. The van der Waals surface area contributed by atoms with Gasteiger partial charge in [-0.3, -0.25) is 44.1 Å². The third-order valence-corrected chi connectivity index (χ3v) is 14.7. The van der Waals surface area contributed by atoms with Crippen molar-refractivity contribution in [2.24, 2.45) is 36.1 Å². The summed E-state index contributed by atoms with van der Waals surface area (Å²) in [5, 5.41) is 41.4. The lowest BCUT2D eigenvalue weighted by Crippen LogP contribution is -2.49. The van der Waals surface area contributed by atoms with E-state index in [9.17, 15) is 39.7 Å². The SMILES string of the molecule is Cc1cc(C2C3=CCC4C(=O)N(c5cc([N+](=O)[O-])c(N(C)C)c([N+](=O)[O-])c5)C(=O)C4C3CC3C(=O)N(c4cc(-c5sc6ccc(Cl)cc6c5C)nn4C)C(=O)C32C)ccc1O. The molecule has 61 heavy (non-hydrogen) atoms. The quantitative estimate of drug-likeness (QED) is 0.0731. The molecule has 4 heterocycles. The van der Waals surface area contributed by atoms with Crippen LogP contribution in [0.4, 0.5) is 28.6 Å². The molecule has 0 bridgehead atoms. The van der Waals surface area contributed by atoms with Gasteiger partial charge in [-0.25, -0.2) is 9.80 Å². The number of halogens is 1. The van der Waals surface area contributed by atoms with Gasteiger partial charge >= 0.3 is 11.4 Å². The Balaban J connectivity index is 1.15. The minimum Gasteiger partial charge on any atom is -0.508 e. The number of nitrogens with zero attached hydrogens (tertiary/aromatic N) is 7. The van der Waals surface area contributed by atoms with Crippen molar-refractivity contribution >= 4 is 85.2 Å². The summed E-state index contributed by atoms with van der Waals surface area (Å²) in [7, 11) is 4.49. The standard InChI is InChI=1S/C43H38ClN7O9S/c1-19-13-21(7-11-32(19)52)36-24-9-10-25-35(41(55)48(39(25)53)23-15-30(50(57)58)37(46(4)5)31(16-23)51(59)60)27(24)17-28-40(54)49(42(56)43(28,36)3)34-18-29(45-47(34)6)38-20(2)26-14-22(44)8-12-33(26)61-38/h7-9,11-16,18,25,27-28,35-36,52H,10,17H2,1-6H3. The number of phenolic OH excluding ortho intramolecular Hbond substituents is 1. The Hall–Kier alpha value is -6.46. The molecular formula is C43H38ClN7O9S. The molecule has 3 aromatic carbocycles. The first-order chi connectivity index (χ1) is 28.8. The molecule has 9 rings (SSSR count). The van der Waals surface area contributed by atoms with Crippen LogP contribution in [0, 0.1) is 63.2 Å². The molecule has 0 radical (unpaired) electrons. The van der Waals surface area contributed by atoms with E-state index in [-0.39, 0.29) is 35.8 Å². The lowest BCUT2D eigenvalue weighted by molar-refractivity contribution is -0.392. The predicted octanol–water partition coefficient (Wildman–Crippen LogP) is 7.60. The highest BCUT2D eigenvalue weighted by Gasteiger charge is 2.68. The molecule has 18 heteroatoms. The maximum atomic E-state index is 15.2. The topological polar surface area (TPSA) is 202 Å². The van der Waals surface area contributed by atoms with E-state index in [1.807, 2.05) is 31.2 Å². The minimum atomic E-state index is -1.39. The molecule has 0 spiro atoms. The van der Waals surface area contributed by atoms with Crippen LogP contribution in [0.25, 0.3) is 20.7 Å². The van der Waals surface area contributed by atoms with Gasteiger partial charge in [0.25, 0.3) is 0 Å². The number of anilines is 3. The number of nitro groups is 2. The third kappa shape index (κ3) is 5.66. The van der Waals surface area contributed by atoms with Crippen LogP contribution in [0.1, 0.15) is 42.4 Å². The fourth-order valence-corrected chi connectivity index (χ4v) is 11.7. The van der Waals surface area contributed by atoms with Gasteiger partial charge in [-0.1, -0.05) is 35.4 Å². The van der Waals surface area contributed by atoms with E-state index in [1.165, 1.54) is 46.0 Å². The van der Waals surface area contributed by atoms with Crippen LogP contribution >= 0.6 is 22.9 Å². The second-order valence-corrected chi connectivity index (χ2v) is 18.2. The maximum Gasteiger partial charge on any atom is 0.301 e. The van der Waals surface area contributed by atoms with Crippen LogP contribution in [0.2, 0.25) is 5.02 Å². The molecule has 5 aromatic rings. The van der Waals surface area contributed by atoms with Gasteiger partial charge in [0.1, 0.15) is 17.3 Å². The van der Waals surface area contributed by atoms with E-state index in [0.29, 0.717) is 27.4 Å². The molecule has 16 nitrogen and oxygen atoms in total. The summed E-state index contributed by atoms with van der Waals surface area (Å²) in [4.78, 5) is 86.1. The number of thiophene rings is 1. The zero-order valence-electron chi connectivity index (χ0n) is 33.7. The summed E-state index contributed by atoms with van der Waals surface area (Å²) < 4.78 is 2.50. The Bertz CT molecular complexity index is 2850. The highest BCUT2D eigenvalue weighted by Crippen LogP contribution is 2.64. The molecular weight excluding hydrogens is 826 g/mol. The molecule has 6 atom stereocenters. The highest BCUT2D eigenvalue weighted by molar-refractivity contribution is 7.22. The number of rotatable bonds is 7. The first-order valence-corrected chi connectivity index (χ1v) is 20.7. The third-order valence-electron chi connectivity index (χ3n) is 13.2. The van der Waals surface area contributed by atoms with Crippen molar-refractivity contribution < 1.29 is 34.1 Å². The van der Waals surface area contributed by atoms with E-state index >= 15 is 4.79 Å². The van der Waals surface area contributed by atoms with Crippen molar-refractivity contribution in [2.45, 2.75) is 39.5 Å². The van der Waals surface area contributed by atoms with Crippen LogP contribution < -0.4 is 14.7 Å². The number of phenols is 1. The van der Waals surface area contributed by atoms with Gasteiger partial charge in [-0.15, -0.1) is 11.3 Å². The lowest BCUT2D eigenvalue weighted by Gasteiger charge is -2.49. The van der Waals surface area contributed by atoms with Gasteiger partial charge in [-0.2, -0.15) is 5.10 Å². The van der Waals surface area contributed by atoms with Crippen molar-refractivity contribution in [3.8, 4) is 16.3 Å². The van der Waals surface area contributed by atoms with E-state index < -0.39 is 79.9 Å². The second kappa shape index (κ2) is 13.8. The van der Waals surface area contributed by atoms with Crippen molar-refractivity contribution in [2.75, 3.05) is 28.8 Å². The first kappa shape index (κ1) is 40.0. The van der Waals surface area contributed by atoms with Crippen LogP contribution in [0.15, 0.2) is 66.2 Å². The Labute approximate surface area is 356 Å². The molecule has 3 fully saturated rings. The zero-order valence-corrected chi connectivity index (χ0v) is 35.3. The number of aromatic nitrogens is 2. The van der Waals surface area contributed by atoms with Crippen LogP contribution in [0.5, 0.6) is 5.75 Å². The maximum absolute atomic E-state index is 15.2. The smallest absolute Gasteiger partial charge is 0.301 e. The summed E-state index contributed by atoms with van der Waals surface area (Å²) in [6, 6.07) is 14.3. The second-order valence-electron chi connectivity index (χ2n) is 16.7. The normalized spacial score (nSPS) is 24.6. The number of benzene rings is 3. The number of fused-ring (bicyclic) bond motifs is 5. The predicted molar refractivity (Wildman–Crippen MR) is 228 cm³/mol. The number of allylic oxidation sites excluding steroid dienone is 2. The minimum absolute atomic E-state index is 0.0196. The number of hydrogen-bond donors (Lipinski definition) is 1.